The Balaban J connectivity index is 2.84. The smallest absolute Gasteiger partial charge is 0.438 e. The van der Waals surface area contributed by atoms with Gasteiger partial charge in [-0.05, 0) is 65.8 Å². The second-order valence-electron chi connectivity index (χ2n) is 12.3. The van der Waals surface area contributed by atoms with Crippen LogP contribution in [0, 0.1) is 0 Å². The van der Waals surface area contributed by atoms with E-state index in [0.29, 0.717) is 26.4 Å². The highest BCUT2D eigenvalue weighted by atomic mass is 28.4. The first-order valence-corrected chi connectivity index (χ1v) is 18.5. The summed E-state index contributed by atoms with van der Waals surface area (Å²) < 4.78 is 27.9. The summed E-state index contributed by atoms with van der Waals surface area (Å²) in [7, 11) is -2.39. The zero-order valence-electron chi connectivity index (χ0n) is 24.1. The van der Waals surface area contributed by atoms with Crippen molar-refractivity contribution in [2.75, 3.05) is 26.9 Å². The number of hydrogen-bond acceptors (Lipinski definition) is 6. The van der Waals surface area contributed by atoms with Gasteiger partial charge in [-0.3, -0.25) is 0 Å². The fourth-order valence-electron chi connectivity index (χ4n) is 2.83. The van der Waals surface area contributed by atoms with Crippen molar-refractivity contribution < 1.29 is 27.9 Å². The van der Waals surface area contributed by atoms with Gasteiger partial charge in [0.2, 0.25) is 0 Å². The zero-order valence-corrected chi connectivity index (χ0v) is 26.1. The lowest BCUT2D eigenvalue weighted by molar-refractivity contribution is 0.0371. The van der Waals surface area contributed by atoms with E-state index in [1.807, 2.05) is 0 Å². The van der Waals surface area contributed by atoms with Gasteiger partial charge < -0.3 is 23.1 Å². The minimum atomic E-state index is -1.84. The van der Waals surface area contributed by atoms with Gasteiger partial charge in [0.1, 0.15) is 6.61 Å². The molecule has 0 radical (unpaired) electrons. The van der Waals surface area contributed by atoms with Crippen LogP contribution in [-0.2, 0) is 42.7 Å². The van der Waals surface area contributed by atoms with Gasteiger partial charge in [-0.15, -0.1) is 0 Å². The molecule has 1 aromatic rings. The van der Waals surface area contributed by atoms with Crippen molar-refractivity contribution in [3.05, 3.63) is 34.9 Å². The Hall–Kier alpha value is -1.20. The topological polar surface area (TPSA) is 63.2 Å². The van der Waals surface area contributed by atoms with Crippen LogP contribution in [0.3, 0.4) is 0 Å². The predicted molar refractivity (Wildman–Crippen MR) is 148 cm³/mol. The third-order valence-electron chi connectivity index (χ3n) is 7.29. The summed E-state index contributed by atoms with van der Waals surface area (Å²) in [5, 5.41) is 0.349. The summed E-state index contributed by atoms with van der Waals surface area (Å²) in [6.07, 6.45) is 1.10. The molecule has 1 aromatic carbocycles. The molecule has 0 bridgehead atoms. The van der Waals surface area contributed by atoms with Crippen LogP contribution in [-0.4, -0.2) is 49.7 Å². The minimum absolute atomic E-state index is 0.174. The number of aryl methyl sites for hydroxylation is 1. The molecule has 0 heterocycles. The van der Waals surface area contributed by atoms with Gasteiger partial charge in [-0.2, -0.15) is 0 Å². The van der Waals surface area contributed by atoms with Crippen molar-refractivity contribution in [3.63, 3.8) is 0 Å². The number of carbonyl (C=O) groups excluding carboxylic acids is 1. The Morgan fingerprint density at radius 2 is 1.20 bits per heavy atom. The molecule has 0 aliphatic heterocycles. The molecular weight excluding hydrogens is 476 g/mol. The van der Waals surface area contributed by atoms with Crippen molar-refractivity contribution in [2.45, 2.75) is 104 Å². The van der Waals surface area contributed by atoms with Crippen LogP contribution in [0.1, 0.15) is 64.7 Å². The van der Waals surface area contributed by atoms with E-state index >= 15 is 0 Å². The highest BCUT2D eigenvalue weighted by Gasteiger charge is 2.38. The summed E-state index contributed by atoms with van der Waals surface area (Å²) in [6.45, 7) is 25.2. The van der Waals surface area contributed by atoms with Crippen molar-refractivity contribution >= 4 is 22.8 Å². The quantitative estimate of drug-likeness (QED) is 0.151. The minimum Gasteiger partial charge on any atom is -0.438 e. The van der Waals surface area contributed by atoms with Gasteiger partial charge in [-0.1, -0.05) is 59.7 Å². The normalized spacial score (nSPS) is 13.1. The third-order valence-corrected chi connectivity index (χ3v) is 16.2. The van der Waals surface area contributed by atoms with E-state index in [1.165, 1.54) is 23.8 Å². The molecule has 0 amide bonds. The molecule has 0 unspecified atom stereocenters. The van der Waals surface area contributed by atoms with Crippen LogP contribution in [0.25, 0.3) is 0 Å². The summed E-state index contributed by atoms with van der Waals surface area (Å²) in [6, 6.07) is 6.75. The molecule has 0 aliphatic rings. The van der Waals surface area contributed by atoms with Crippen LogP contribution in [0.4, 0.5) is 4.79 Å². The maximum atomic E-state index is 11.0. The summed E-state index contributed by atoms with van der Waals surface area (Å²) in [5.41, 5.74) is 3.67. The maximum Gasteiger partial charge on any atom is 0.508 e. The summed E-state index contributed by atoms with van der Waals surface area (Å²) in [5.74, 6) is 0. The van der Waals surface area contributed by atoms with Crippen LogP contribution in [0.2, 0.25) is 36.3 Å². The van der Waals surface area contributed by atoms with E-state index in [4.69, 9.17) is 18.3 Å². The molecular formula is C27H50O6Si2. The molecule has 0 fully saturated rings. The number of hydrogen-bond donors (Lipinski definition) is 0. The molecule has 0 saturated heterocycles. The SMILES string of the molecule is COC(=O)OCCOCCCc1cc(CO[Si](C)(C)C(C)(C)C)cc(CO[Si](C)(C)C(C)(C)C)c1. The monoisotopic (exact) mass is 526 g/mol. The average Bonchev–Trinajstić information content (AvgIpc) is 2.74. The first-order valence-electron chi connectivity index (χ1n) is 12.7. The Labute approximate surface area is 216 Å². The van der Waals surface area contributed by atoms with Crippen LogP contribution in [0.15, 0.2) is 18.2 Å². The number of benzene rings is 1. The second kappa shape index (κ2) is 13.4. The molecule has 0 spiro atoms. The Kier molecular flexibility index (Phi) is 12.2. The van der Waals surface area contributed by atoms with Crippen molar-refractivity contribution in [2.24, 2.45) is 0 Å². The summed E-state index contributed by atoms with van der Waals surface area (Å²) >= 11 is 0. The van der Waals surface area contributed by atoms with Crippen molar-refractivity contribution in [1.82, 2.24) is 0 Å². The average molecular weight is 527 g/mol. The molecule has 0 atom stereocenters. The molecule has 0 saturated carbocycles. The van der Waals surface area contributed by atoms with Crippen LogP contribution < -0.4 is 0 Å². The van der Waals surface area contributed by atoms with Gasteiger partial charge in [-0.25, -0.2) is 4.79 Å². The fraction of sp³-hybridized carbons (Fsp3) is 0.741. The first-order chi connectivity index (χ1) is 16.0. The van der Waals surface area contributed by atoms with Gasteiger partial charge in [0, 0.05) is 6.61 Å². The van der Waals surface area contributed by atoms with E-state index in [-0.39, 0.29) is 16.7 Å². The fourth-order valence-corrected chi connectivity index (χ4v) is 4.76. The molecule has 0 aliphatic carbocycles. The number of ether oxygens (including phenoxy) is 3. The molecule has 1 rings (SSSR count). The third kappa shape index (κ3) is 11.2. The summed E-state index contributed by atoms with van der Waals surface area (Å²) in [4.78, 5) is 11.0. The Morgan fingerprint density at radius 3 is 1.63 bits per heavy atom. The molecule has 35 heavy (non-hydrogen) atoms. The van der Waals surface area contributed by atoms with Gasteiger partial charge in [0.25, 0.3) is 0 Å². The largest absolute Gasteiger partial charge is 0.508 e. The van der Waals surface area contributed by atoms with E-state index in [9.17, 15) is 4.79 Å². The van der Waals surface area contributed by atoms with Crippen molar-refractivity contribution in [1.29, 1.82) is 0 Å². The maximum absolute atomic E-state index is 11.0. The van der Waals surface area contributed by atoms with E-state index in [1.54, 1.807) is 0 Å². The molecule has 6 nitrogen and oxygen atoms in total. The standard InChI is InChI=1S/C27H50O6Si2/c1-26(2,3)34(8,9)32-20-23-17-22(13-12-14-30-15-16-31-25(28)29-7)18-24(19-23)21-33-35(10,11)27(4,5)6/h17-19H,12-16,20-21H2,1-11H3. The van der Waals surface area contributed by atoms with Gasteiger partial charge in [0.15, 0.2) is 16.6 Å². The lowest BCUT2D eigenvalue weighted by Gasteiger charge is -2.36. The first kappa shape index (κ1) is 31.8. The van der Waals surface area contributed by atoms with E-state index in [0.717, 1.165) is 12.8 Å². The van der Waals surface area contributed by atoms with Crippen molar-refractivity contribution in [3.8, 4) is 0 Å². The highest BCUT2D eigenvalue weighted by molar-refractivity contribution is 6.74. The van der Waals surface area contributed by atoms with E-state index in [2.05, 4.69) is 90.7 Å². The Bertz CT molecular complexity index is 746. The molecule has 0 aromatic heterocycles. The predicted octanol–water partition coefficient (Wildman–Crippen LogP) is 7.46. The molecule has 202 valence electrons. The zero-order chi connectivity index (χ0) is 26.9. The number of carbonyl (C=O) groups is 1. The van der Waals surface area contributed by atoms with E-state index < -0.39 is 22.8 Å². The lowest BCUT2D eigenvalue weighted by Crippen LogP contribution is -2.40. The number of rotatable bonds is 13. The van der Waals surface area contributed by atoms with Crippen LogP contribution >= 0.6 is 0 Å². The second-order valence-corrected chi connectivity index (χ2v) is 21.9. The molecule has 0 N–H and O–H groups in total. The molecule has 8 heteroatoms. The van der Waals surface area contributed by atoms with Crippen LogP contribution in [0.5, 0.6) is 0 Å². The highest BCUT2D eigenvalue weighted by Crippen LogP contribution is 2.38. The lowest BCUT2D eigenvalue weighted by atomic mass is 10.0. The van der Waals surface area contributed by atoms with Gasteiger partial charge >= 0.3 is 6.16 Å². The number of methoxy groups -OCH3 is 1. The van der Waals surface area contributed by atoms with Gasteiger partial charge in [0.05, 0.1) is 26.9 Å². The Morgan fingerprint density at radius 1 is 0.743 bits per heavy atom.